The van der Waals surface area contributed by atoms with Gasteiger partial charge in [0.2, 0.25) is 0 Å². The van der Waals surface area contributed by atoms with E-state index >= 15 is 0 Å². The molecule has 1 aliphatic rings. The van der Waals surface area contributed by atoms with Gasteiger partial charge in [-0.15, -0.1) is 0 Å². The first-order chi connectivity index (χ1) is 7.59. The highest BCUT2D eigenvalue weighted by molar-refractivity contribution is 7.89. The Bertz CT molecular complexity index is 429. The van der Waals surface area contributed by atoms with Crippen molar-refractivity contribution in [2.24, 2.45) is 5.92 Å². The third-order valence-electron chi connectivity index (χ3n) is 2.92. The Labute approximate surface area is 94.1 Å². The zero-order valence-electron chi connectivity index (χ0n) is 8.76. The molecule has 0 aromatic carbocycles. The molecule has 90 valence electrons. The van der Waals surface area contributed by atoms with Crippen molar-refractivity contribution in [3.05, 3.63) is 12.3 Å². The Balaban J connectivity index is 1.95. The average Bonchev–Trinajstić information content (AvgIpc) is 2.85. The number of nitrogens with zero attached hydrogens (tertiary/aromatic N) is 1. The molecule has 3 N–H and O–H groups in total. The Morgan fingerprint density at radius 1 is 1.56 bits per heavy atom. The second-order valence-corrected chi connectivity index (χ2v) is 5.77. The van der Waals surface area contributed by atoms with Crippen molar-refractivity contribution < 1.29 is 13.5 Å². The van der Waals surface area contributed by atoms with Crippen LogP contribution in [0.5, 0.6) is 0 Å². The molecule has 2 rings (SSSR count). The molecular formula is C9H15N3O3S. The maximum absolute atomic E-state index is 11.7. The third-order valence-corrected chi connectivity index (χ3v) is 4.27. The van der Waals surface area contributed by atoms with Crippen molar-refractivity contribution in [2.75, 3.05) is 6.54 Å². The molecule has 6 nitrogen and oxygen atoms in total. The molecule has 0 aliphatic heterocycles. The van der Waals surface area contributed by atoms with Crippen LogP contribution in [0.2, 0.25) is 0 Å². The largest absolute Gasteiger partial charge is 0.393 e. The van der Waals surface area contributed by atoms with Crippen molar-refractivity contribution in [1.82, 2.24) is 14.9 Å². The molecule has 16 heavy (non-hydrogen) atoms. The van der Waals surface area contributed by atoms with Crippen molar-refractivity contribution in [2.45, 2.75) is 30.4 Å². The quantitative estimate of drug-likeness (QED) is 0.687. The predicted molar refractivity (Wildman–Crippen MR) is 57.1 cm³/mol. The summed E-state index contributed by atoms with van der Waals surface area (Å²) in [5.74, 6) is 0.0256. The third kappa shape index (κ3) is 2.42. The lowest BCUT2D eigenvalue weighted by Crippen LogP contribution is -2.32. The number of sulfonamides is 1. The van der Waals surface area contributed by atoms with E-state index in [9.17, 15) is 13.5 Å². The van der Waals surface area contributed by atoms with Crippen molar-refractivity contribution in [3.63, 3.8) is 0 Å². The summed E-state index contributed by atoms with van der Waals surface area (Å²) in [4.78, 5) is 0. The molecule has 2 atom stereocenters. The van der Waals surface area contributed by atoms with Crippen LogP contribution in [0.1, 0.15) is 19.3 Å². The molecule has 1 fully saturated rings. The second kappa shape index (κ2) is 4.52. The monoisotopic (exact) mass is 245 g/mol. The van der Waals surface area contributed by atoms with Crippen LogP contribution in [0.15, 0.2) is 17.3 Å². The Kier molecular flexibility index (Phi) is 3.27. The van der Waals surface area contributed by atoms with E-state index in [4.69, 9.17) is 0 Å². The van der Waals surface area contributed by atoms with Gasteiger partial charge >= 0.3 is 0 Å². The topological polar surface area (TPSA) is 95.1 Å². The highest BCUT2D eigenvalue weighted by Crippen LogP contribution is 2.24. The van der Waals surface area contributed by atoms with Crippen LogP contribution in [0.4, 0.5) is 0 Å². The SMILES string of the molecule is O=S(=O)(NCC1CCCC1O)c1ccn[nH]1. The maximum atomic E-state index is 11.7. The van der Waals surface area contributed by atoms with Gasteiger partial charge < -0.3 is 5.11 Å². The number of nitrogens with one attached hydrogen (secondary N) is 2. The molecule has 0 amide bonds. The minimum absolute atomic E-state index is 0.0256. The Morgan fingerprint density at radius 2 is 2.38 bits per heavy atom. The van der Waals surface area contributed by atoms with Gasteiger partial charge in [-0.2, -0.15) is 5.10 Å². The van der Waals surface area contributed by atoms with Gasteiger partial charge in [0, 0.05) is 6.54 Å². The fourth-order valence-corrected chi connectivity index (χ4v) is 2.94. The number of hydrogen-bond acceptors (Lipinski definition) is 4. The van der Waals surface area contributed by atoms with E-state index < -0.39 is 10.0 Å². The number of rotatable bonds is 4. The highest BCUT2D eigenvalue weighted by atomic mass is 32.2. The van der Waals surface area contributed by atoms with Crippen LogP contribution < -0.4 is 4.72 Å². The van der Waals surface area contributed by atoms with Gasteiger partial charge in [0.25, 0.3) is 10.0 Å². The Hall–Kier alpha value is -0.920. The highest BCUT2D eigenvalue weighted by Gasteiger charge is 2.27. The zero-order chi connectivity index (χ0) is 11.6. The van der Waals surface area contributed by atoms with E-state index in [-0.39, 0.29) is 23.6 Å². The summed E-state index contributed by atoms with van der Waals surface area (Å²) >= 11 is 0. The van der Waals surface area contributed by atoms with Crippen LogP contribution in [-0.4, -0.2) is 36.4 Å². The van der Waals surface area contributed by atoms with Gasteiger partial charge in [0.1, 0.15) is 0 Å². The molecule has 0 spiro atoms. The smallest absolute Gasteiger partial charge is 0.257 e. The first-order valence-corrected chi connectivity index (χ1v) is 6.75. The number of aliphatic hydroxyl groups is 1. The molecule has 0 saturated heterocycles. The average molecular weight is 245 g/mol. The van der Waals surface area contributed by atoms with Gasteiger partial charge in [-0.25, -0.2) is 13.1 Å². The molecule has 1 heterocycles. The van der Waals surface area contributed by atoms with Crippen molar-refractivity contribution in [1.29, 1.82) is 0 Å². The number of hydrogen-bond donors (Lipinski definition) is 3. The van der Waals surface area contributed by atoms with Gasteiger partial charge in [-0.3, -0.25) is 5.10 Å². The number of H-pyrrole nitrogens is 1. The second-order valence-electron chi connectivity index (χ2n) is 4.03. The predicted octanol–water partition coefficient (Wildman–Crippen LogP) is -0.151. The molecule has 2 unspecified atom stereocenters. The van der Waals surface area contributed by atoms with Crippen molar-refractivity contribution in [3.8, 4) is 0 Å². The van der Waals surface area contributed by atoms with Gasteiger partial charge in [-0.1, -0.05) is 6.42 Å². The molecule has 1 aromatic heterocycles. The van der Waals surface area contributed by atoms with Crippen LogP contribution >= 0.6 is 0 Å². The lowest BCUT2D eigenvalue weighted by atomic mass is 10.1. The van der Waals surface area contributed by atoms with Gasteiger partial charge in [-0.05, 0) is 24.8 Å². The van der Waals surface area contributed by atoms with E-state index in [2.05, 4.69) is 14.9 Å². The van der Waals surface area contributed by atoms with Crippen LogP contribution in [0.25, 0.3) is 0 Å². The van der Waals surface area contributed by atoms with Gasteiger partial charge in [0.15, 0.2) is 5.03 Å². The Morgan fingerprint density at radius 3 is 2.94 bits per heavy atom. The van der Waals surface area contributed by atoms with Crippen LogP contribution in [0.3, 0.4) is 0 Å². The fraction of sp³-hybridized carbons (Fsp3) is 0.667. The minimum atomic E-state index is -3.51. The summed E-state index contributed by atoms with van der Waals surface area (Å²) in [7, 11) is -3.51. The summed E-state index contributed by atoms with van der Waals surface area (Å²) in [6, 6.07) is 1.40. The molecule has 1 aliphatic carbocycles. The zero-order valence-corrected chi connectivity index (χ0v) is 9.57. The van der Waals surface area contributed by atoms with Crippen molar-refractivity contribution >= 4 is 10.0 Å². The summed E-state index contributed by atoms with van der Waals surface area (Å²) in [5.41, 5.74) is 0. The summed E-state index contributed by atoms with van der Waals surface area (Å²) in [6.45, 7) is 0.280. The standard InChI is InChI=1S/C9H15N3O3S/c13-8-3-1-2-7(8)6-11-16(14,15)9-4-5-10-12-9/h4-5,7-8,11,13H,1-3,6H2,(H,10,12). The summed E-state index contributed by atoms with van der Waals surface area (Å²) < 4.78 is 25.9. The summed E-state index contributed by atoms with van der Waals surface area (Å²) in [6.07, 6.45) is 3.59. The molecule has 7 heteroatoms. The van der Waals surface area contributed by atoms with Crippen LogP contribution in [-0.2, 0) is 10.0 Å². The first kappa shape index (κ1) is 11.6. The molecule has 1 aromatic rings. The molecular weight excluding hydrogens is 230 g/mol. The minimum Gasteiger partial charge on any atom is -0.393 e. The molecule has 1 saturated carbocycles. The molecule has 0 radical (unpaired) electrons. The molecule has 0 bridgehead atoms. The van der Waals surface area contributed by atoms with E-state index in [1.54, 1.807) is 0 Å². The number of aliphatic hydroxyl groups excluding tert-OH is 1. The lowest BCUT2D eigenvalue weighted by molar-refractivity contribution is 0.134. The van der Waals surface area contributed by atoms with E-state index in [1.165, 1.54) is 12.3 Å². The van der Waals surface area contributed by atoms with E-state index in [1.807, 2.05) is 0 Å². The lowest BCUT2D eigenvalue weighted by Gasteiger charge is -2.14. The fourth-order valence-electron chi connectivity index (χ4n) is 1.94. The van der Waals surface area contributed by atoms with E-state index in [0.717, 1.165) is 19.3 Å². The van der Waals surface area contributed by atoms with E-state index in [0.29, 0.717) is 0 Å². The summed E-state index contributed by atoms with van der Waals surface area (Å²) in [5, 5.41) is 15.6. The first-order valence-electron chi connectivity index (χ1n) is 5.27. The maximum Gasteiger partial charge on any atom is 0.257 e. The van der Waals surface area contributed by atoms with Gasteiger partial charge in [0.05, 0.1) is 12.3 Å². The normalized spacial score (nSPS) is 26.1. The number of aromatic nitrogens is 2. The number of aromatic amines is 1. The van der Waals surface area contributed by atoms with Crippen LogP contribution in [0, 0.1) is 5.92 Å².